The van der Waals surface area contributed by atoms with Gasteiger partial charge in [-0.2, -0.15) is 0 Å². The van der Waals surface area contributed by atoms with Gasteiger partial charge in [-0.1, -0.05) is 18.2 Å². The standard InChI is InChI=1S/C9H10N2O/c1-10-11-6-7-4-2-3-5-8(7)9(11)12/h2-5,10H,6H2,1H3. The molecule has 3 heteroatoms. The summed E-state index contributed by atoms with van der Waals surface area (Å²) >= 11 is 0. The second-order valence-electron chi connectivity index (χ2n) is 2.77. The van der Waals surface area contributed by atoms with E-state index >= 15 is 0 Å². The summed E-state index contributed by atoms with van der Waals surface area (Å²) < 4.78 is 0. The van der Waals surface area contributed by atoms with Gasteiger partial charge in [0.1, 0.15) is 0 Å². The van der Waals surface area contributed by atoms with Gasteiger partial charge in [0.05, 0.1) is 6.54 Å². The van der Waals surface area contributed by atoms with E-state index in [1.54, 1.807) is 12.1 Å². The first-order chi connectivity index (χ1) is 5.83. The van der Waals surface area contributed by atoms with E-state index in [9.17, 15) is 4.79 Å². The smallest absolute Gasteiger partial charge is 0.268 e. The fraction of sp³-hybridized carbons (Fsp3) is 0.222. The van der Waals surface area contributed by atoms with Crippen LogP contribution >= 0.6 is 0 Å². The van der Waals surface area contributed by atoms with Gasteiger partial charge in [-0.15, -0.1) is 0 Å². The van der Waals surface area contributed by atoms with Crippen LogP contribution in [0.5, 0.6) is 0 Å². The molecule has 1 aromatic rings. The van der Waals surface area contributed by atoms with Crippen LogP contribution in [0.3, 0.4) is 0 Å². The van der Waals surface area contributed by atoms with Gasteiger partial charge in [-0.25, -0.2) is 5.43 Å². The van der Waals surface area contributed by atoms with Crippen molar-refractivity contribution >= 4 is 5.91 Å². The van der Waals surface area contributed by atoms with E-state index in [0.717, 1.165) is 11.1 Å². The second-order valence-corrected chi connectivity index (χ2v) is 2.77. The third kappa shape index (κ3) is 0.905. The summed E-state index contributed by atoms with van der Waals surface area (Å²) in [7, 11) is 1.75. The number of nitrogens with zero attached hydrogens (tertiary/aromatic N) is 1. The Morgan fingerprint density at radius 3 is 2.83 bits per heavy atom. The van der Waals surface area contributed by atoms with Crippen molar-refractivity contribution in [2.75, 3.05) is 7.05 Å². The first-order valence-electron chi connectivity index (χ1n) is 3.90. The number of hydrazine groups is 1. The van der Waals surface area contributed by atoms with Gasteiger partial charge in [0.25, 0.3) is 5.91 Å². The van der Waals surface area contributed by atoms with E-state index in [0.29, 0.717) is 6.54 Å². The Morgan fingerprint density at radius 1 is 1.42 bits per heavy atom. The summed E-state index contributed by atoms with van der Waals surface area (Å²) in [5, 5.41) is 1.60. The van der Waals surface area contributed by atoms with Crippen molar-refractivity contribution in [1.82, 2.24) is 10.4 Å². The summed E-state index contributed by atoms with van der Waals surface area (Å²) in [5.41, 5.74) is 4.75. The topological polar surface area (TPSA) is 32.3 Å². The van der Waals surface area contributed by atoms with Crippen LogP contribution in [0, 0.1) is 0 Å². The molecule has 0 bridgehead atoms. The van der Waals surface area contributed by atoms with E-state index in [4.69, 9.17) is 0 Å². The molecule has 0 fully saturated rings. The molecule has 1 aliphatic rings. The van der Waals surface area contributed by atoms with E-state index < -0.39 is 0 Å². The molecule has 0 radical (unpaired) electrons. The molecule has 2 rings (SSSR count). The van der Waals surface area contributed by atoms with Crippen molar-refractivity contribution in [1.29, 1.82) is 0 Å². The SMILES string of the molecule is CNN1Cc2ccccc2C1=O. The molecule has 0 atom stereocenters. The maximum absolute atomic E-state index is 11.5. The molecule has 0 saturated heterocycles. The average molecular weight is 162 g/mol. The maximum atomic E-state index is 11.5. The minimum atomic E-state index is 0.0631. The number of hydrogen-bond donors (Lipinski definition) is 1. The number of carbonyl (C=O) groups excluding carboxylic acids is 1. The zero-order valence-electron chi connectivity index (χ0n) is 6.87. The highest BCUT2D eigenvalue weighted by molar-refractivity contribution is 5.97. The predicted octanol–water partition coefficient (Wildman–Crippen LogP) is 0.777. The Balaban J connectivity index is 2.42. The molecular formula is C9H10N2O. The number of fused-ring (bicyclic) bond motifs is 1. The predicted molar refractivity (Wildman–Crippen MR) is 45.4 cm³/mol. The molecule has 0 aliphatic carbocycles. The molecule has 12 heavy (non-hydrogen) atoms. The summed E-state index contributed by atoms with van der Waals surface area (Å²) in [5.74, 6) is 0.0631. The fourth-order valence-corrected chi connectivity index (χ4v) is 1.43. The second kappa shape index (κ2) is 2.60. The van der Waals surface area contributed by atoms with Crippen molar-refractivity contribution in [3.05, 3.63) is 35.4 Å². The minimum absolute atomic E-state index is 0.0631. The van der Waals surface area contributed by atoms with Crippen LogP contribution in [0.4, 0.5) is 0 Å². The van der Waals surface area contributed by atoms with Crippen molar-refractivity contribution in [2.24, 2.45) is 0 Å². The zero-order chi connectivity index (χ0) is 8.55. The lowest BCUT2D eigenvalue weighted by Gasteiger charge is -2.11. The normalized spacial score (nSPS) is 15.1. The van der Waals surface area contributed by atoms with Gasteiger partial charge in [0.2, 0.25) is 0 Å². The third-order valence-electron chi connectivity index (χ3n) is 2.09. The highest BCUT2D eigenvalue weighted by atomic mass is 16.2. The van der Waals surface area contributed by atoms with Crippen LogP contribution in [0.1, 0.15) is 15.9 Å². The summed E-state index contributed by atoms with van der Waals surface area (Å²) in [6.45, 7) is 0.672. The molecule has 0 unspecified atom stereocenters. The Morgan fingerprint density at radius 2 is 2.17 bits per heavy atom. The van der Waals surface area contributed by atoms with Crippen molar-refractivity contribution in [2.45, 2.75) is 6.54 Å². The fourth-order valence-electron chi connectivity index (χ4n) is 1.43. The number of benzene rings is 1. The molecule has 0 spiro atoms. The van der Waals surface area contributed by atoms with E-state index in [2.05, 4.69) is 5.43 Å². The van der Waals surface area contributed by atoms with Gasteiger partial charge in [0.15, 0.2) is 0 Å². The Bertz CT molecular complexity index is 322. The maximum Gasteiger partial charge on any atom is 0.268 e. The van der Waals surface area contributed by atoms with Crippen LogP contribution in [0.2, 0.25) is 0 Å². The molecule has 1 aliphatic heterocycles. The summed E-state index contributed by atoms with van der Waals surface area (Å²) in [6, 6.07) is 7.67. The van der Waals surface area contributed by atoms with E-state index in [1.807, 2.05) is 24.3 Å². The molecule has 1 aromatic carbocycles. The third-order valence-corrected chi connectivity index (χ3v) is 2.09. The number of carbonyl (C=O) groups is 1. The zero-order valence-corrected chi connectivity index (χ0v) is 6.87. The summed E-state index contributed by atoms with van der Waals surface area (Å²) in [4.78, 5) is 11.5. The number of rotatable bonds is 1. The highest BCUT2D eigenvalue weighted by Gasteiger charge is 2.25. The van der Waals surface area contributed by atoms with Gasteiger partial charge in [0, 0.05) is 12.6 Å². The van der Waals surface area contributed by atoms with Crippen molar-refractivity contribution < 1.29 is 4.79 Å². The van der Waals surface area contributed by atoms with Gasteiger partial charge >= 0.3 is 0 Å². The molecule has 1 N–H and O–H groups in total. The minimum Gasteiger partial charge on any atom is -0.270 e. The van der Waals surface area contributed by atoms with Crippen LogP contribution < -0.4 is 5.43 Å². The molecule has 1 heterocycles. The van der Waals surface area contributed by atoms with Crippen molar-refractivity contribution in [3.63, 3.8) is 0 Å². The Kier molecular flexibility index (Phi) is 1.59. The van der Waals surface area contributed by atoms with E-state index in [1.165, 1.54) is 0 Å². The first kappa shape index (κ1) is 7.31. The lowest BCUT2D eigenvalue weighted by atomic mass is 10.1. The molecular weight excluding hydrogens is 152 g/mol. The van der Waals surface area contributed by atoms with Crippen LogP contribution in [-0.2, 0) is 6.54 Å². The van der Waals surface area contributed by atoms with Gasteiger partial charge < -0.3 is 0 Å². The monoisotopic (exact) mass is 162 g/mol. The van der Waals surface area contributed by atoms with Gasteiger partial charge in [-0.05, 0) is 11.6 Å². The molecule has 62 valence electrons. The average Bonchev–Trinajstić information content (AvgIpc) is 2.44. The van der Waals surface area contributed by atoms with E-state index in [-0.39, 0.29) is 5.91 Å². The van der Waals surface area contributed by atoms with Crippen LogP contribution in [-0.4, -0.2) is 18.0 Å². The quantitative estimate of drug-likeness (QED) is 0.661. The molecule has 1 amide bonds. The lowest BCUT2D eigenvalue weighted by molar-refractivity contribution is 0.0706. The van der Waals surface area contributed by atoms with Gasteiger partial charge in [-0.3, -0.25) is 9.80 Å². The Labute approximate surface area is 71.0 Å². The molecule has 0 saturated carbocycles. The highest BCUT2D eigenvalue weighted by Crippen LogP contribution is 2.19. The van der Waals surface area contributed by atoms with Crippen LogP contribution in [0.25, 0.3) is 0 Å². The van der Waals surface area contributed by atoms with Crippen LogP contribution in [0.15, 0.2) is 24.3 Å². The number of nitrogens with one attached hydrogen (secondary N) is 1. The van der Waals surface area contributed by atoms with Crippen molar-refractivity contribution in [3.8, 4) is 0 Å². The Hall–Kier alpha value is -1.35. The molecule has 0 aromatic heterocycles. The number of hydrogen-bond acceptors (Lipinski definition) is 2. The molecule has 3 nitrogen and oxygen atoms in total. The number of amides is 1. The summed E-state index contributed by atoms with van der Waals surface area (Å²) in [6.07, 6.45) is 0. The largest absolute Gasteiger partial charge is 0.270 e. The first-order valence-corrected chi connectivity index (χ1v) is 3.90. The lowest BCUT2D eigenvalue weighted by Crippen LogP contribution is -2.34.